The van der Waals surface area contributed by atoms with E-state index in [4.69, 9.17) is 15.2 Å². The number of hydrogen-bond donors (Lipinski definition) is 3. The lowest BCUT2D eigenvalue weighted by molar-refractivity contribution is 0.128. The molecule has 1 saturated carbocycles. The number of carbonyl (C=O) groups excluding carboxylic acids is 1. The molecule has 0 aliphatic heterocycles. The van der Waals surface area contributed by atoms with E-state index in [1.807, 2.05) is 13.0 Å². The van der Waals surface area contributed by atoms with Crippen LogP contribution in [0.1, 0.15) is 43.6 Å². The van der Waals surface area contributed by atoms with Crippen LogP contribution in [-0.4, -0.2) is 60.1 Å². The monoisotopic (exact) mass is 418 g/mol. The van der Waals surface area contributed by atoms with Gasteiger partial charge in [0.2, 0.25) is 0 Å². The Hall–Kier alpha value is -2.39. The fourth-order valence-electron chi connectivity index (χ4n) is 3.93. The van der Waals surface area contributed by atoms with Crippen LogP contribution in [0.5, 0.6) is 0 Å². The molecule has 1 aliphatic rings. The van der Waals surface area contributed by atoms with Gasteiger partial charge in [-0.1, -0.05) is 19.3 Å². The molecule has 0 radical (unpaired) electrons. The number of nitrogens with one attached hydrogen (secondary N) is 2. The Bertz CT molecular complexity index is 832. The summed E-state index contributed by atoms with van der Waals surface area (Å²) in [4.78, 5) is 20.9. The largest absolute Gasteiger partial charge is 0.384 e. The normalized spacial score (nSPS) is 14.9. The lowest BCUT2D eigenvalue weighted by atomic mass is 9.96. The summed E-state index contributed by atoms with van der Waals surface area (Å²) in [5.41, 5.74) is 8.59. The summed E-state index contributed by atoms with van der Waals surface area (Å²) < 4.78 is 13.1. The SMILES string of the molecule is COCCc1nc2c(N)nc(C)cc2n1CCOCCNC(=O)NC1CCCCC1. The van der Waals surface area contributed by atoms with Crippen molar-refractivity contribution in [3.8, 4) is 0 Å². The number of fused-ring (bicyclic) bond motifs is 1. The number of pyridine rings is 1. The number of urea groups is 1. The number of methoxy groups -OCH3 is 1. The van der Waals surface area contributed by atoms with Crippen molar-refractivity contribution in [3.05, 3.63) is 17.6 Å². The maximum atomic E-state index is 12.0. The molecule has 0 atom stereocenters. The van der Waals surface area contributed by atoms with Crippen molar-refractivity contribution >= 4 is 22.9 Å². The van der Waals surface area contributed by atoms with E-state index >= 15 is 0 Å². The highest BCUT2D eigenvalue weighted by molar-refractivity contribution is 5.85. The Labute approximate surface area is 177 Å². The third kappa shape index (κ3) is 6.06. The Balaban J connectivity index is 1.46. The summed E-state index contributed by atoms with van der Waals surface area (Å²) in [6, 6.07) is 2.20. The van der Waals surface area contributed by atoms with Gasteiger partial charge in [-0.3, -0.25) is 0 Å². The molecule has 9 nitrogen and oxygen atoms in total. The number of imidazole rings is 1. The zero-order valence-corrected chi connectivity index (χ0v) is 18.1. The van der Waals surface area contributed by atoms with E-state index in [9.17, 15) is 4.79 Å². The molecule has 0 aromatic carbocycles. The molecular formula is C21H34N6O3. The lowest BCUT2D eigenvalue weighted by Gasteiger charge is -2.22. The molecule has 3 rings (SSSR count). The van der Waals surface area contributed by atoms with Crippen molar-refractivity contribution in [2.45, 2.75) is 58.0 Å². The van der Waals surface area contributed by atoms with Crippen LogP contribution in [0.4, 0.5) is 10.6 Å². The molecule has 9 heteroatoms. The van der Waals surface area contributed by atoms with Crippen LogP contribution in [0.25, 0.3) is 11.0 Å². The summed E-state index contributed by atoms with van der Waals surface area (Å²) >= 11 is 0. The smallest absolute Gasteiger partial charge is 0.315 e. The predicted molar refractivity (Wildman–Crippen MR) is 116 cm³/mol. The van der Waals surface area contributed by atoms with Gasteiger partial charge in [-0.2, -0.15) is 0 Å². The molecular weight excluding hydrogens is 384 g/mol. The minimum atomic E-state index is -0.105. The Morgan fingerprint density at radius 2 is 2.03 bits per heavy atom. The van der Waals surface area contributed by atoms with E-state index in [1.54, 1.807) is 7.11 Å². The van der Waals surface area contributed by atoms with Gasteiger partial charge in [-0.25, -0.2) is 14.8 Å². The summed E-state index contributed by atoms with van der Waals surface area (Å²) in [6.45, 7) is 4.60. The highest BCUT2D eigenvalue weighted by Gasteiger charge is 2.16. The van der Waals surface area contributed by atoms with Crippen LogP contribution in [0.15, 0.2) is 6.07 Å². The minimum Gasteiger partial charge on any atom is -0.384 e. The first-order valence-electron chi connectivity index (χ1n) is 10.8. The Morgan fingerprint density at radius 3 is 2.80 bits per heavy atom. The van der Waals surface area contributed by atoms with E-state index in [1.165, 1.54) is 19.3 Å². The van der Waals surface area contributed by atoms with Gasteiger partial charge in [-0.05, 0) is 25.8 Å². The molecule has 1 fully saturated rings. The fraction of sp³-hybridized carbons (Fsp3) is 0.667. The third-order valence-corrected chi connectivity index (χ3v) is 5.43. The van der Waals surface area contributed by atoms with Crippen molar-refractivity contribution in [1.82, 2.24) is 25.2 Å². The lowest BCUT2D eigenvalue weighted by Crippen LogP contribution is -2.43. The zero-order chi connectivity index (χ0) is 21.3. The Kier molecular flexibility index (Phi) is 8.27. The topological polar surface area (TPSA) is 116 Å². The van der Waals surface area contributed by atoms with Crippen LogP contribution in [0.3, 0.4) is 0 Å². The van der Waals surface area contributed by atoms with Crippen molar-refractivity contribution in [2.75, 3.05) is 39.2 Å². The second-order valence-electron chi connectivity index (χ2n) is 7.79. The van der Waals surface area contributed by atoms with Crippen LogP contribution in [0, 0.1) is 6.92 Å². The summed E-state index contributed by atoms with van der Waals surface area (Å²) in [6.07, 6.45) is 6.51. The molecule has 2 amide bonds. The molecule has 1 aliphatic carbocycles. The van der Waals surface area contributed by atoms with E-state index < -0.39 is 0 Å². The van der Waals surface area contributed by atoms with Gasteiger partial charge < -0.3 is 30.4 Å². The number of nitrogens with two attached hydrogens (primary N) is 1. The molecule has 4 N–H and O–H groups in total. The number of hydrogen-bond acceptors (Lipinski definition) is 6. The van der Waals surface area contributed by atoms with Crippen LogP contribution >= 0.6 is 0 Å². The van der Waals surface area contributed by atoms with Gasteiger partial charge in [-0.15, -0.1) is 0 Å². The van der Waals surface area contributed by atoms with Gasteiger partial charge in [0.1, 0.15) is 11.3 Å². The number of rotatable bonds is 10. The van der Waals surface area contributed by atoms with Crippen molar-refractivity contribution in [1.29, 1.82) is 0 Å². The van der Waals surface area contributed by atoms with Crippen molar-refractivity contribution in [2.24, 2.45) is 0 Å². The second-order valence-corrected chi connectivity index (χ2v) is 7.79. The summed E-state index contributed by atoms with van der Waals surface area (Å²) in [5, 5.41) is 5.91. The highest BCUT2D eigenvalue weighted by Crippen LogP contribution is 2.22. The molecule has 30 heavy (non-hydrogen) atoms. The van der Waals surface area contributed by atoms with Crippen LogP contribution < -0.4 is 16.4 Å². The van der Waals surface area contributed by atoms with E-state index in [0.717, 1.165) is 29.9 Å². The number of carbonyl (C=O) groups is 1. The minimum absolute atomic E-state index is 0.105. The van der Waals surface area contributed by atoms with E-state index in [-0.39, 0.29) is 6.03 Å². The Morgan fingerprint density at radius 1 is 1.23 bits per heavy atom. The second kappa shape index (κ2) is 11.1. The van der Waals surface area contributed by atoms with Crippen molar-refractivity contribution < 1.29 is 14.3 Å². The third-order valence-electron chi connectivity index (χ3n) is 5.43. The number of ether oxygens (including phenoxy) is 2. The molecule has 0 spiro atoms. The number of aryl methyl sites for hydroxylation is 1. The molecule has 166 valence electrons. The molecule has 0 bridgehead atoms. The first-order chi connectivity index (χ1) is 14.6. The maximum Gasteiger partial charge on any atom is 0.315 e. The number of aromatic nitrogens is 3. The first-order valence-corrected chi connectivity index (χ1v) is 10.8. The van der Waals surface area contributed by atoms with Gasteiger partial charge in [0.05, 0.1) is 25.3 Å². The average molecular weight is 419 g/mol. The van der Waals surface area contributed by atoms with Gasteiger partial charge >= 0.3 is 6.03 Å². The molecule has 2 aromatic heterocycles. The summed E-state index contributed by atoms with van der Waals surface area (Å²) in [7, 11) is 1.67. The molecule has 0 saturated heterocycles. The maximum absolute atomic E-state index is 12.0. The van der Waals surface area contributed by atoms with Gasteiger partial charge in [0.15, 0.2) is 5.82 Å². The number of amides is 2. The molecule has 0 unspecified atom stereocenters. The standard InChI is InChI=1S/C21H34N6O3/c1-15-14-17-19(20(22)24-15)26-18(8-11-29-2)27(17)10-13-30-12-9-23-21(28)25-16-6-4-3-5-7-16/h14,16H,3-13H2,1-2H3,(H2,22,24)(H2,23,25,28). The quantitative estimate of drug-likeness (QED) is 0.509. The number of anilines is 1. The van der Waals surface area contributed by atoms with Gasteiger partial charge in [0, 0.05) is 38.4 Å². The molecule has 2 aromatic rings. The number of nitrogen functional groups attached to an aromatic ring is 1. The fourth-order valence-corrected chi connectivity index (χ4v) is 3.93. The summed E-state index contributed by atoms with van der Waals surface area (Å²) in [5.74, 6) is 1.34. The zero-order valence-electron chi connectivity index (χ0n) is 18.1. The molecule has 2 heterocycles. The van der Waals surface area contributed by atoms with Crippen LogP contribution in [-0.2, 0) is 22.4 Å². The number of nitrogens with zero attached hydrogens (tertiary/aromatic N) is 3. The van der Waals surface area contributed by atoms with E-state index in [2.05, 4.69) is 25.2 Å². The van der Waals surface area contributed by atoms with Gasteiger partial charge in [0.25, 0.3) is 0 Å². The predicted octanol–water partition coefficient (Wildman–Crippen LogP) is 2.16. The van der Waals surface area contributed by atoms with Crippen LogP contribution in [0.2, 0.25) is 0 Å². The van der Waals surface area contributed by atoms with Crippen molar-refractivity contribution in [3.63, 3.8) is 0 Å². The average Bonchev–Trinajstić information content (AvgIpc) is 3.07. The first kappa shape index (κ1) is 22.3. The van der Waals surface area contributed by atoms with E-state index in [0.29, 0.717) is 56.7 Å². The highest BCUT2D eigenvalue weighted by atomic mass is 16.5.